The molecular weight excluding hydrogens is 586 g/mol. The number of aryl methyl sites for hydroxylation is 4. The number of aromatic amines is 1. The standard InChI is InChI=1S/C30H37N7O6S/c1-18-12-19(2)27(20(3)13-18)44(41,42)36-24(29(40)43-4)16-34-28(39)23-17-37(11-5-8-31)25-14-21(6-7-22(25)26(23)38)15-35-30-32-9-10-33-30/h6-7,9-10,12-14,17,24,36H,5,8,11,15-16,31H2,1-4H3,(H,34,39)(H2,32,33,35). The number of anilines is 1. The summed E-state index contributed by atoms with van der Waals surface area (Å²) in [7, 11) is -3.06. The lowest BCUT2D eigenvalue weighted by Gasteiger charge is -2.20. The van der Waals surface area contributed by atoms with E-state index in [1.165, 1.54) is 6.20 Å². The molecule has 234 valence electrons. The van der Waals surface area contributed by atoms with Crippen LogP contribution in [0.5, 0.6) is 0 Å². The van der Waals surface area contributed by atoms with E-state index < -0.39 is 39.9 Å². The molecule has 0 bridgehead atoms. The van der Waals surface area contributed by atoms with Crippen LogP contribution in [0.2, 0.25) is 0 Å². The van der Waals surface area contributed by atoms with E-state index in [1.807, 2.05) is 13.0 Å². The molecule has 2 heterocycles. The number of carbonyl (C=O) groups is 2. The fourth-order valence-corrected chi connectivity index (χ4v) is 6.78. The quantitative estimate of drug-likeness (QED) is 0.138. The molecule has 13 nitrogen and oxygen atoms in total. The maximum absolute atomic E-state index is 13.5. The SMILES string of the molecule is COC(=O)C(CNC(=O)c1cn(CCCN)c2cc(CNc3ncc[nH]3)ccc2c1=O)NS(=O)(=O)c1c(C)cc(C)cc1C. The predicted octanol–water partition coefficient (Wildman–Crippen LogP) is 1.86. The second-order valence-electron chi connectivity index (χ2n) is 10.5. The average molecular weight is 624 g/mol. The number of pyridine rings is 1. The third-order valence-corrected chi connectivity index (χ3v) is 8.85. The highest BCUT2D eigenvalue weighted by Crippen LogP contribution is 2.22. The lowest BCUT2D eigenvalue weighted by molar-refractivity contribution is -0.142. The Labute approximate surface area is 255 Å². The summed E-state index contributed by atoms with van der Waals surface area (Å²) in [6.45, 7) is 6.02. The lowest BCUT2D eigenvalue weighted by Crippen LogP contribution is -2.49. The molecule has 14 heteroatoms. The molecule has 1 amide bonds. The van der Waals surface area contributed by atoms with Crippen LogP contribution in [0.3, 0.4) is 0 Å². The number of hydrogen-bond donors (Lipinski definition) is 5. The van der Waals surface area contributed by atoms with Crippen molar-refractivity contribution < 1.29 is 22.7 Å². The Kier molecular flexibility index (Phi) is 10.2. The fourth-order valence-electron chi connectivity index (χ4n) is 5.14. The Balaban J connectivity index is 1.59. The number of sulfonamides is 1. The van der Waals surface area contributed by atoms with Crippen LogP contribution in [-0.2, 0) is 32.6 Å². The number of nitrogens with two attached hydrogens (primary N) is 1. The predicted molar refractivity (Wildman–Crippen MR) is 167 cm³/mol. The minimum Gasteiger partial charge on any atom is -0.468 e. The minimum atomic E-state index is -4.17. The van der Waals surface area contributed by atoms with E-state index in [1.54, 1.807) is 55.1 Å². The topological polar surface area (TPSA) is 190 Å². The Morgan fingerprint density at radius 3 is 2.50 bits per heavy atom. The zero-order valence-electron chi connectivity index (χ0n) is 25.1. The van der Waals surface area contributed by atoms with E-state index in [-0.39, 0.29) is 10.5 Å². The highest BCUT2D eigenvalue weighted by Gasteiger charge is 2.29. The number of nitrogens with one attached hydrogen (secondary N) is 4. The van der Waals surface area contributed by atoms with Gasteiger partial charge in [-0.25, -0.2) is 13.4 Å². The first-order valence-corrected chi connectivity index (χ1v) is 15.5. The van der Waals surface area contributed by atoms with Gasteiger partial charge in [-0.2, -0.15) is 4.72 Å². The Morgan fingerprint density at radius 1 is 1.14 bits per heavy atom. The zero-order valence-corrected chi connectivity index (χ0v) is 25.9. The molecule has 0 aliphatic carbocycles. The smallest absolute Gasteiger partial charge is 0.325 e. The number of H-pyrrole nitrogens is 1. The van der Waals surface area contributed by atoms with Gasteiger partial charge >= 0.3 is 5.97 Å². The van der Waals surface area contributed by atoms with Crippen molar-refractivity contribution in [2.75, 3.05) is 25.5 Å². The molecule has 2 aromatic carbocycles. The van der Waals surface area contributed by atoms with E-state index in [0.717, 1.165) is 18.2 Å². The molecule has 4 aromatic rings. The Hall–Kier alpha value is -4.53. The second-order valence-corrected chi connectivity index (χ2v) is 12.1. The summed E-state index contributed by atoms with van der Waals surface area (Å²) >= 11 is 0. The van der Waals surface area contributed by atoms with Gasteiger partial charge in [0.1, 0.15) is 11.6 Å². The van der Waals surface area contributed by atoms with Gasteiger partial charge in [-0.3, -0.25) is 14.4 Å². The van der Waals surface area contributed by atoms with Gasteiger partial charge in [0.25, 0.3) is 5.91 Å². The van der Waals surface area contributed by atoms with Crippen molar-refractivity contribution in [1.29, 1.82) is 0 Å². The first-order chi connectivity index (χ1) is 20.9. The average Bonchev–Trinajstić information content (AvgIpc) is 3.50. The van der Waals surface area contributed by atoms with Gasteiger partial charge < -0.3 is 30.7 Å². The number of amides is 1. The largest absolute Gasteiger partial charge is 0.468 e. The Bertz CT molecular complexity index is 1810. The number of fused-ring (bicyclic) bond motifs is 1. The summed E-state index contributed by atoms with van der Waals surface area (Å²) in [6.07, 6.45) is 5.38. The van der Waals surface area contributed by atoms with Gasteiger partial charge in [0.2, 0.25) is 15.5 Å². The van der Waals surface area contributed by atoms with Crippen molar-refractivity contribution in [2.45, 2.75) is 51.2 Å². The van der Waals surface area contributed by atoms with Crippen molar-refractivity contribution >= 4 is 38.8 Å². The highest BCUT2D eigenvalue weighted by atomic mass is 32.2. The number of esters is 1. The molecule has 1 unspecified atom stereocenters. The molecule has 0 fully saturated rings. The monoisotopic (exact) mass is 623 g/mol. The summed E-state index contributed by atoms with van der Waals surface area (Å²) in [5.41, 5.74) is 8.51. The van der Waals surface area contributed by atoms with Crippen LogP contribution >= 0.6 is 0 Å². The normalized spacial score (nSPS) is 12.2. The van der Waals surface area contributed by atoms with E-state index >= 15 is 0 Å². The van der Waals surface area contributed by atoms with Gasteiger partial charge in [-0.05, 0) is 62.6 Å². The van der Waals surface area contributed by atoms with E-state index in [9.17, 15) is 22.8 Å². The first kappa shape index (κ1) is 32.4. The number of benzene rings is 2. The molecule has 0 saturated heterocycles. The summed E-state index contributed by atoms with van der Waals surface area (Å²) < 4.78 is 35.6. The van der Waals surface area contributed by atoms with Crippen molar-refractivity contribution in [3.63, 3.8) is 0 Å². The van der Waals surface area contributed by atoms with Crippen LogP contribution in [0.15, 0.2) is 58.6 Å². The van der Waals surface area contributed by atoms with Crippen LogP contribution in [0.25, 0.3) is 10.9 Å². The lowest BCUT2D eigenvalue weighted by atomic mass is 10.1. The van der Waals surface area contributed by atoms with Gasteiger partial charge in [0, 0.05) is 43.6 Å². The van der Waals surface area contributed by atoms with Crippen LogP contribution in [0.4, 0.5) is 5.95 Å². The summed E-state index contributed by atoms with van der Waals surface area (Å²) in [5.74, 6) is -1.06. The third-order valence-electron chi connectivity index (χ3n) is 7.07. The molecule has 0 radical (unpaired) electrons. The molecule has 0 spiro atoms. The van der Waals surface area contributed by atoms with E-state index in [0.29, 0.717) is 54.0 Å². The first-order valence-electron chi connectivity index (χ1n) is 14.0. The molecule has 1 atom stereocenters. The minimum absolute atomic E-state index is 0.0411. The summed E-state index contributed by atoms with van der Waals surface area (Å²) in [4.78, 5) is 46.5. The molecule has 0 aliphatic heterocycles. The maximum Gasteiger partial charge on any atom is 0.325 e. The van der Waals surface area contributed by atoms with Crippen LogP contribution in [-0.4, -0.2) is 61.1 Å². The molecule has 44 heavy (non-hydrogen) atoms. The number of methoxy groups -OCH3 is 1. The van der Waals surface area contributed by atoms with Crippen molar-refractivity contribution in [3.8, 4) is 0 Å². The molecule has 2 aromatic heterocycles. The number of carbonyl (C=O) groups excluding carboxylic acids is 2. The van der Waals surface area contributed by atoms with E-state index in [2.05, 4.69) is 25.3 Å². The van der Waals surface area contributed by atoms with E-state index in [4.69, 9.17) is 10.5 Å². The van der Waals surface area contributed by atoms with Gasteiger partial charge in [0.15, 0.2) is 5.95 Å². The third kappa shape index (κ3) is 7.33. The van der Waals surface area contributed by atoms with Gasteiger partial charge in [-0.1, -0.05) is 23.8 Å². The number of aromatic nitrogens is 3. The summed E-state index contributed by atoms with van der Waals surface area (Å²) in [5, 5.41) is 6.03. The number of nitrogens with zero attached hydrogens (tertiary/aromatic N) is 2. The highest BCUT2D eigenvalue weighted by molar-refractivity contribution is 7.89. The van der Waals surface area contributed by atoms with Crippen LogP contribution in [0.1, 0.15) is 39.0 Å². The molecular formula is C30H37N7O6S. The number of ether oxygens (including phenoxy) is 1. The fraction of sp³-hybridized carbons (Fsp3) is 0.333. The van der Waals surface area contributed by atoms with Crippen molar-refractivity contribution in [2.24, 2.45) is 5.73 Å². The van der Waals surface area contributed by atoms with Crippen molar-refractivity contribution in [3.05, 3.63) is 87.0 Å². The second kappa shape index (κ2) is 13.8. The Morgan fingerprint density at radius 2 is 1.86 bits per heavy atom. The van der Waals surface area contributed by atoms with Crippen LogP contribution < -0.4 is 26.5 Å². The number of hydrogen-bond acceptors (Lipinski definition) is 9. The van der Waals surface area contributed by atoms with Gasteiger partial charge in [-0.15, -0.1) is 0 Å². The number of imidazole rings is 1. The molecule has 4 rings (SSSR count). The van der Waals surface area contributed by atoms with Gasteiger partial charge in [0.05, 0.1) is 17.5 Å². The zero-order chi connectivity index (χ0) is 32.0. The summed E-state index contributed by atoms with van der Waals surface area (Å²) in [6, 6.07) is 7.31. The van der Waals surface area contributed by atoms with Crippen LogP contribution in [0, 0.1) is 20.8 Å². The molecule has 6 N–H and O–H groups in total. The van der Waals surface area contributed by atoms with Crippen molar-refractivity contribution in [1.82, 2.24) is 24.6 Å². The maximum atomic E-state index is 13.5. The number of rotatable bonds is 13. The molecule has 0 aliphatic rings. The molecule has 0 saturated carbocycles.